The number of carboxylic acid groups (broad SMARTS) is 1. The molecule has 0 bridgehead atoms. The zero-order valence-electron chi connectivity index (χ0n) is 6.44. The number of carbonyl (C=O) groups is 2. The van der Waals surface area contributed by atoms with E-state index in [2.05, 4.69) is 4.74 Å². The third kappa shape index (κ3) is 1.20. The summed E-state index contributed by atoms with van der Waals surface area (Å²) in [4.78, 5) is 21.9. The number of ether oxygens (including phenoxy) is 1. The SMILES string of the molecule is COC(=O)C1(C(=O)O)C=CCS1. The fourth-order valence-electron chi connectivity index (χ4n) is 0.941. The summed E-state index contributed by atoms with van der Waals surface area (Å²) in [6.45, 7) is 0. The predicted molar refractivity (Wildman–Crippen MR) is 44.0 cm³/mol. The smallest absolute Gasteiger partial charge is 0.337 e. The molecule has 12 heavy (non-hydrogen) atoms. The van der Waals surface area contributed by atoms with Gasteiger partial charge in [0.25, 0.3) is 0 Å². The zero-order chi connectivity index (χ0) is 9.19. The van der Waals surface area contributed by atoms with Crippen molar-refractivity contribution in [3.8, 4) is 0 Å². The molecular weight excluding hydrogens is 180 g/mol. The summed E-state index contributed by atoms with van der Waals surface area (Å²) >= 11 is 1.05. The average molecular weight is 188 g/mol. The van der Waals surface area contributed by atoms with E-state index in [9.17, 15) is 9.59 Å². The van der Waals surface area contributed by atoms with Gasteiger partial charge in [0.1, 0.15) is 0 Å². The molecule has 0 saturated carbocycles. The van der Waals surface area contributed by atoms with E-state index in [4.69, 9.17) is 5.11 Å². The summed E-state index contributed by atoms with van der Waals surface area (Å²) in [5.41, 5.74) is 0. The maximum absolute atomic E-state index is 11.1. The van der Waals surface area contributed by atoms with Crippen LogP contribution in [0, 0.1) is 0 Å². The highest BCUT2D eigenvalue weighted by Gasteiger charge is 2.47. The number of aliphatic carboxylic acids is 1. The number of carboxylic acids is 1. The van der Waals surface area contributed by atoms with Crippen molar-refractivity contribution in [3.05, 3.63) is 12.2 Å². The van der Waals surface area contributed by atoms with Crippen LogP contribution in [-0.2, 0) is 14.3 Å². The number of hydrogen-bond acceptors (Lipinski definition) is 4. The Hall–Kier alpha value is -0.970. The molecule has 1 heterocycles. The van der Waals surface area contributed by atoms with Crippen molar-refractivity contribution in [1.29, 1.82) is 0 Å². The van der Waals surface area contributed by atoms with E-state index in [1.165, 1.54) is 13.2 Å². The van der Waals surface area contributed by atoms with E-state index in [1.54, 1.807) is 6.08 Å². The van der Waals surface area contributed by atoms with E-state index < -0.39 is 16.7 Å². The number of carbonyl (C=O) groups excluding carboxylic acids is 1. The minimum Gasteiger partial charge on any atom is -0.480 e. The summed E-state index contributed by atoms with van der Waals surface area (Å²) in [5.74, 6) is -1.37. The van der Waals surface area contributed by atoms with Gasteiger partial charge in [-0.3, -0.25) is 0 Å². The molecule has 1 atom stereocenters. The number of rotatable bonds is 2. The van der Waals surface area contributed by atoms with Crippen LogP contribution in [0.2, 0.25) is 0 Å². The molecule has 0 saturated heterocycles. The van der Waals surface area contributed by atoms with Crippen LogP contribution in [0.25, 0.3) is 0 Å². The van der Waals surface area contributed by atoms with Crippen LogP contribution >= 0.6 is 11.8 Å². The van der Waals surface area contributed by atoms with Gasteiger partial charge >= 0.3 is 11.9 Å². The van der Waals surface area contributed by atoms with Crippen molar-refractivity contribution in [2.75, 3.05) is 12.9 Å². The molecule has 0 aliphatic carbocycles. The van der Waals surface area contributed by atoms with Crippen molar-refractivity contribution in [2.24, 2.45) is 0 Å². The molecule has 1 N–H and O–H groups in total. The van der Waals surface area contributed by atoms with Gasteiger partial charge in [-0.15, -0.1) is 11.8 Å². The minimum atomic E-state index is -1.51. The second-order valence-electron chi connectivity index (χ2n) is 2.25. The molecule has 66 valence electrons. The number of hydrogen-bond donors (Lipinski definition) is 1. The highest BCUT2D eigenvalue weighted by Crippen LogP contribution is 2.33. The standard InChI is InChI=1S/C7H8O4S/c1-11-6(10)7(5(8)9)3-2-4-12-7/h2-3H,4H2,1H3,(H,8,9). The first-order valence-electron chi connectivity index (χ1n) is 3.27. The molecule has 1 aliphatic rings. The van der Waals surface area contributed by atoms with Crippen LogP contribution in [0.4, 0.5) is 0 Å². The maximum atomic E-state index is 11.1. The van der Waals surface area contributed by atoms with Gasteiger partial charge in [-0.2, -0.15) is 0 Å². The Balaban J connectivity index is 2.95. The lowest BCUT2D eigenvalue weighted by Crippen LogP contribution is -2.41. The second kappa shape index (κ2) is 3.18. The Morgan fingerprint density at radius 2 is 2.33 bits per heavy atom. The fourth-order valence-corrected chi connectivity index (χ4v) is 1.91. The van der Waals surface area contributed by atoms with Gasteiger partial charge in [0.2, 0.25) is 4.75 Å². The molecule has 0 fully saturated rings. The van der Waals surface area contributed by atoms with Crippen LogP contribution in [0.5, 0.6) is 0 Å². The third-order valence-electron chi connectivity index (χ3n) is 1.57. The normalized spacial score (nSPS) is 27.1. The molecule has 1 unspecified atom stereocenters. The molecule has 0 aromatic carbocycles. The summed E-state index contributed by atoms with van der Waals surface area (Å²) in [5, 5.41) is 8.79. The summed E-state index contributed by atoms with van der Waals surface area (Å²) in [6.07, 6.45) is 3.02. The Morgan fingerprint density at radius 1 is 1.67 bits per heavy atom. The Labute approximate surface area is 73.6 Å². The maximum Gasteiger partial charge on any atom is 0.337 e. The van der Waals surface area contributed by atoms with Gasteiger partial charge in [-0.25, -0.2) is 9.59 Å². The molecule has 0 spiro atoms. The van der Waals surface area contributed by atoms with Crippen molar-refractivity contribution in [1.82, 2.24) is 0 Å². The van der Waals surface area contributed by atoms with Crippen LogP contribution in [0.15, 0.2) is 12.2 Å². The fraction of sp³-hybridized carbons (Fsp3) is 0.429. The molecule has 5 heteroatoms. The molecule has 4 nitrogen and oxygen atoms in total. The van der Waals surface area contributed by atoms with Crippen LogP contribution < -0.4 is 0 Å². The van der Waals surface area contributed by atoms with Gasteiger partial charge < -0.3 is 9.84 Å². The van der Waals surface area contributed by atoms with E-state index >= 15 is 0 Å². The zero-order valence-corrected chi connectivity index (χ0v) is 7.26. The quantitative estimate of drug-likeness (QED) is 0.383. The van der Waals surface area contributed by atoms with E-state index in [0.717, 1.165) is 11.8 Å². The van der Waals surface area contributed by atoms with Crippen molar-refractivity contribution >= 4 is 23.7 Å². The first kappa shape index (κ1) is 9.12. The lowest BCUT2D eigenvalue weighted by atomic mass is 10.1. The van der Waals surface area contributed by atoms with E-state index in [0.29, 0.717) is 5.75 Å². The largest absolute Gasteiger partial charge is 0.480 e. The first-order chi connectivity index (χ1) is 5.63. The van der Waals surface area contributed by atoms with Gasteiger partial charge in [0.15, 0.2) is 0 Å². The molecule has 1 rings (SSSR count). The second-order valence-corrected chi connectivity index (χ2v) is 3.51. The Morgan fingerprint density at radius 3 is 2.67 bits per heavy atom. The van der Waals surface area contributed by atoms with Crippen molar-refractivity contribution < 1.29 is 19.4 Å². The van der Waals surface area contributed by atoms with Gasteiger partial charge in [-0.05, 0) is 6.08 Å². The lowest BCUT2D eigenvalue weighted by Gasteiger charge is -2.17. The Bertz CT molecular complexity index is 248. The molecule has 0 radical (unpaired) electrons. The van der Waals surface area contributed by atoms with Gasteiger partial charge in [0.05, 0.1) is 7.11 Å². The van der Waals surface area contributed by atoms with Gasteiger partial charge in [0, 0.05) is 5.75 Å². The molecule has 0 aromatic heterocycles. The monoisotopic (exact) mass is 188 g/mol. The minimum absolute atomic E-state index is 0.529. The molecular formula is C7H8O4S. The highest BCUT2D eigenvalue weighted by atomic mass is 32.2. The summed E-state index contributed by atoms with van der Waals surface area (Å²) < 4.78 is 2.90. The highest BCUT2D eigenvalue weighted by molar-refractivity contribution is 8.02. The topological polar surface area (TPSA) is 63.6 Å². The first-order valence-corrected chi connectivity index (χ1v) is 4.25. The lowest BCUT2D eigenvalue weighted by molar-refractivity contribution is -0.151. The number of esters is 1. The van der Waals surface area contributed by atoms with Crippen LogP contribution in [0.1, 0.15) is 0 Å². The van der Waals surface area contributed by atoms with Gasteiger partial charge in [-0.1, -0.05) is 6.08 Å². The van der Waals surface area contributed by atoms with Crippen LogP contribution in [-0.4, -0.2) is 34.7 Å². The molecule has 1 aliphatic heterocycles. The number of methoxy groups -OCH3 is 1. The van der Waals surface area contributed by atoms with Crippen molar-refractivity contribution in [2.45, 2.75) is 4.75 Å². The average Bonchev–Trinajstić information content (AvgIpc) is 2.52. The summed E-state index contributed by atoms with van der Waals surface area (Å²) in [6, 6.07) is 0. The van der Waals surface area contributed by atoms with E-state index in [-0.39, 0.29) is 0 Å². The van der Waals surface area contributed by atoms with E-state index in [1.807, 2.05) is 0 Å². The third-order valence-corrected chi connectivity index (χ3v) is 2.86. The molecule has 0 amide bonds. The van der Waals surface area contributed by atoms with Crippen molar-refractivity contribution in [3.63, 3.8) is 0 Å². The predicted octanol–water partition coefficient (Wildman–Crippen LogP) is 0.286. The molecule has 0 aromatic rings. The number of thioether (sulfide) groups is 1. The van der Waals surface area contributed by atoms with Crippen LogP contribution in [0.3, 0.4) is 0 Å². The summed E-state index contributed by atoms with van der Waals surface area (Å²) in [7, 11) is 1.18. The Kier molecular flexibility index (Phi) is 2.42.